The zero-order valence-electron chi connectivity index (χ0n) is 17.7. The SMILES string of the molecule is CNCc1nnc(C2CC(C)CCN2C(=O)Nc2ccc(Cl)c(-c3ncn(C)n3)c2)o1. The maximum atomic E-state index is 13.2. The lowest BCUT2D eigenvalue weighted by molar-refractivity contribution is 0.124. The van der Waals surface area contributed by atoms with Crippen LogP contribution in [0.25, 0.3) is 11.4 Å². The van der Waals surface area contributed by atoms with Crippen molar-refractivity contribution >= 4 is 23.3 Å². The molecule has 4 rings (SSSR count). The van der Waals surface area contributed by atoms with Crippen LogP contribution in [0.15, 0.2) is 28.9 Å². The average Bonchev–Trinajstić information content (AvgIpc) is 3.38. The Morgan fingerprint density at radius 3 is 2.94 bits per heavy atom. The Kier molecular flexibility index (Phi) is 6.19. The number of amides is 2. The number of carbonyl (C=O) groups excluding carboxylic acids is 1. The van der Waals surface area contributed by atoms with Crippen LogP contribution >= 0.6 is 11.6 Å². The molecule has 0 radical (unpaired) electrons. The molecule has 11 heteroatoms. The second kappa shape index (κ2) is 9.03. The van der Waals surface area contributed by atoms with Crippen LogP contribution in [0.3, 0.4) is 0 Å². The summed E-state index contributed by atoms with van der Waals surface area (Å²) < 4.78 is 7.40. The summed E-state index contributed by atoms with van der Waals surface area (Å²) in [6, 6.07) is 4.75. The van der Waals surface area contributed by atoms with Gasteiger partial charge in [-0.25, -0.2) is 9.78 Å². The van der Waals surface area contributed by atoms with E-state index in [0.29, 0.717) is 52.9 Å². The fraction of sp³-hybridized carbons (Fsp3) is 0.450. The number of benzene rings is 1. The molecule has 3 aromatic rings. The summed E-state index contributed by atoms with van der Waals surface area (Å²) in [4.78, 5) is 19.2. The number of anilines is 1. The molecule has 0 bridgehead atoms. The van der Waals surface area contributed by atoms with Crippen molar-refractivity contribution in [3.05, 3.63) is 41.3 Å². The fourth-order valence-corrected chi connectivity index (χ4v) is 3.88. The number of nitrogens with one attached hydrogen (secondary N) is 2. The molecule has 1 fully saturated rings. The highest BCUT2D eigenvalue weighted by molar-refractivity contribution is 6.33. The van der Waals surface area contributed by atoms with Gasteiger partial charge in [0.15, 0.2) is 5.82 Å². The molecule has 31 heavy (non-hydrogen) atoms. The van der Waals surface area contributed by atoms with Crippen molar-refractivity contribution < 1.29 is 9.21 Å². The highest BCUT2D eigenvalue weighted by Gasteiger charge is 2.34. The molecular weight excluding hydrogens is 420 g/mol. The number of urea groups is 1. The van der Waals surface area contributed by atoms with Crippen molar-refractivity contribution in [2.75, 3.05) is 18.9 Å². The van der Waals surface area contributed by atoms with E-state index in [1.165, 1.54) is 0 Å². The van der Waals surface area contributed by atoms with Gasteiger partial charge in [0.05, 0.1) is 11.6 Å². The van der Waals surface area contributed by atoms with E-state index >= 15 is 0 Å². The molecule has 0 spiro atoms. The van der Waals surface area contributed by atoms with Gasteiger partial charge in [-0.1, -0.05) is 18.5 Å². The molecule has 3 heterocycles. The van der Waals surface area contributed by atoms with Gasteiger partial charge in [0.2, 0.25) is 11.8 Å². The van der Waals surface area contributed by atoms with Crippen molar-refractivity contribution in [3.8, 4) is 11.4 Å². The van der Waals surface area contributed by atoms with Gasteiger partial charge in [0, 0.05) is 24.8 Å². The first-order valence-corrected chi connectivity index (χ1v) is 10.5. The molecule has 1 aromatic carbocycles. The zero-order chi connectivity index (χ0) is 22.0. The molecule has 1 saturated heterocycles. The number of nitrogens with zero attached hydrogens (tertiary/aromatic N) is 6. The molecule has 2 atom stereocenters. The van der Waals surface area contributed by atoms with E-state index in [9.17, 15) is 4.79 Å². The van der Waals surface area contributed by atoms with Crippen LogP contribution in [-0.2, 0) is 13.6 Å². The predicted octanol–water partition coefficient (Wildman–Crippen LogP) is 3.24. The second-order valence-electron chi connectivity index (χ2n) is 7.77. The van der Waals surface area contributed by atoms with Gasteiger partial charge >= 0.3 is 6.03 Å². The first kappa shape index (κ1) is 21.3. The predicted molar refractivity (Wildman–Crippen MR) is 115 cm³/mol. The largest absolute Gasteiger partial charge is 0.422 e. The molecule has 164 valence electrons. The molecule has 0 saturated carbocycles. The van der Waals surface area contributed by atoms with Crippen LogP contribution in [-0.4, -0.2) is 49.5 Å². The molecule has 10 nitrogen and oxygen atoms in total. The summed E-state index contributed by atoms with van der Waals surface area (Å²) in [5, 5.41) is 19.0. The maximum absolute atomic E-state index is 13.2. The number of hydrogen-bond donors (Lipinski definition) is 2. The lowest BCUT2D eigenvalue weighted by Crippen LogP contribution is -2.43. The normalized spacial score (nSPS) is 18.9. The van der Waals surface area contributed by atoms with E-state index < -0.39 is 0 Å². The third kappa shape index (κ3) is 4.70. The molecule has 2 amide bonds. The van der Waals surface area contributed by atoms with Crippen molar-refractivity contribution in [1.29, 1.82) is 0 Å². The molecule has 2 aromatic heterocycles. The average molecular weight is 445 g/mol. The Bertz CT molecular complexity index is 1070. The van der Waals surface area contributed by atoms with Gasteiger partial charge in [0.25, 0.3) is 0 Å². The summed E-state index contributed by atoms with van der Waals surface area (Å²) in [5.74, 6) is 1.91. The number of likely N-dealkylation sites (tertiary alicyclic amines) is 1. The second-order valence-corrected chi connectivity index (χ2v) is 8.18. The minimum atomic E-state index is -0.272. The van der Waals surface area contributed by atoms with E-state index in [2.05, 4.69) is 37.8 Å². The van der Waals surface area contributed by atoms with Crippen LogP contribution in [0, 0.1) is 5.92 Å². The third-order valence-corrected chi connectivity index (χ3v) is 5.61. The summed E-state index contributed by atoms with van der Waals surface area (Å²) in [5.41, 5.74) is 1.26. The fourth-order valence-electron chi connectivity index (χ4n) is 3.68. The van der Waals surface area contributed by atoms with Gasteiger partial charge in [-0.2, -0.15) is 5.10 Å². The van der Waals surface area contributed by atoms with Gasteiger partial charge in [-0.15, -0.1) is 10.2 Å². The van der Waals surface area contributed by atoms with Crippen molar-refractivity contribution in [2.24, 2.45) is 13.0 Å². The van der Waals surface area contributed by atoms with Crippen molar-refractivity contribution in [2.45, 2.75) is 32.4 Å². The molecule has 1 aliphatic rings. The Hall–Kier alpha value is -2.98. The van der Waals surface area contributed by atoms with E-state index in [1.54, 1.807) is 41.2 Å². The topological polar surface area (TPSA) is 114 Å². The lowest BCUT2D eigenvalue weighted by atomic mass is 9.92. The summed E-state index contributed by atoms with van der Waals surface area (Å²) in [6.45, 7) is 3.25. The van der Waals surface area contributed by atoms with Crippen LogP contribution < -0.4 is 10.6 Å². The minimum Gasteiger partial charge on any atom is -0.422 e. The quantitative estimate of drug-likeness (QED) is 0.620. The number of aromatic nitrogens is 5. The molecule has 2 unspecified atom stereocenters. The number of halogens is 1. The highest BCUT2D eigenvalue weighted by atomic mass is 35.5. The van der Waals surface area contributed by atoms with Crippen LogP contribution in [0.4, 0.5) is 10.5 Å². The summed E-state index contributed by atoms with van der Waals surface area (Å²) >= 11 is 6.33. The van der Waals surface area contributed by atoms with Gasteiger partial charge in [-0.3, -0.25) is 4.68 Å². The van der Waals surface area contributed by atoms with Gasteiger partial charge < -0.3 is 20.0 Å². The van der Waals surface area contributed by atoms with Crippen LogP contribution in [0.2, 0.25) is 5.02 Å². The van der Waals surface area contributed by atoms with Crippen LogP contribution in [0.1, 0.15) is 37.6 Å². The summed E-state index contributed by atoms with van der Waals surface area (Å²) in [6.07, 6.45) is 3.27. The zero-order valence-corrected chi connectivity index (χ0v) is 18.4. The Labute approximate surface area is 185 Å². The minimum absolute atomic E-state index is 0.229. The van der Waals surface area contributed by atoms with E-state index in [1.807, 2.05) is 7.05 Å². The standard InChI is InChI=1S/C20H25ClN8O2/c1-12-6-7-29(16(8-12)19-26-25-17(31-19)10-22-2)20(30)24-13-4-5-15(21)14(9-13)18-23-11-28(3)27-18/h4-5,9,11-12,16,22H,6-8,10H2,1-3H3,(H,24,30). The monoisotopic (exact) mass is 444 g/mol. The van der Waals surface area contributed by atoms with Gasteiger partial charge in [-0.05, 0) is 44.0 Å². The van der Waals surface area contributed by atoms with E-state index in [0.717, 1.165) is 12.8 Å². The first-order valence-electron chi connectivity index (χ1n) is 10.1. The van der Waals surface area contributed by atoms with E-state index in [-0.39, 0.29) is 12.1 Å². The number of aryl methyl sites for hydroxylation is 1. The molecule has 0 aliphatic carbocycles. The molecular formula is C20H25ClN8O2. The first-order chi connectivity index (χ1) is 14.9. The van der Waals surface area contributed by atoms with Crippen molar-refractivity contribution in [3.63, 3.8) is 0 Å². The maximum Gasteiger partial charge on any atom is 0.322 e. The van der Waals surface area contributed by atoms with Gasteiger partial charge in [0.1, 0.15) is 12.4 Å². The Balaban J connectivity index is 1.54. The number of rotatable bonds is 5. The lowest BCUT2D eigenvalue weighted by Gasteiger charge is -2.36. The summed E-state index contributed by atoms with van der Waals surface area (Å²) in [7, 11) is 3.60. The molecule has 2 N–H and O–H groups in total. The number of hydrogen-bond acceptors (Lipinski definition) is 7. The number of carbonyl (C=O) groups is 1. The highest BCUT2D eigenvalue weighted by Crippen LogP contribution is 2.34. The van der Waals surface area contributed by atoms with Crippen molar-refractivity contribution in [1.82, 2.24) is 35.2 Å². The number of piperidine rings is 1. The Morgan fingerprint density at radius 2 is 2.19 bits per heavy atom. The molecule has 1 aliphatic heterocycles. The Morgan fingerprint density at radius 1 is 1.35 bits per heavy atom. The third-order valence-electron chi connectivity index (χ3n) is 5.28. The smallest absolute Gasteiger partial charge is 0.322 e. The van der Waals surface area contributed by atoms with Crippen LogP contribution in [0.5, 0.6) is 0 Å². The van der Waals surface area contributed by atoms with E-state index in [4.69, 9.17) is 16.0 Å².